The van der Waals surface area contributed by atoms with Crippen molar-refractivity contribution < 1.29 is 23.1 Å². The first-order chi connectivity index (χ1) is 15.7. The Labute approximate surface area is 195 Å². The van der Waals surface area contributed by atoms with Gasteiger partial charge in [0.1, 0.15) is 23.2 Å². The topological polar surface area (TPSA) is 104 Å². The van der Waals surface area contributed by atoms with E-state index in [0.29, 0.717) is 11.5 Å². The number of pyridine rings is 2. The summed E-state index contributed by atoms with van der Waals surface area (Å²) in [5.74, 6) is -0.756. The fraction of sp³-hybridized carbons (Fsp3) is 0.435. The minimum absolute atomic E-state index is 0.0747. The van der Waals surface area contributed by atoms with E-state index in [1.807, 2.05) is 0 Å². The summed E-state index contributed by atoms with van der Waals surface area (Å²) in [5.41, 5.74) is -1.77. The summed E-state index contributed by atoms with van der Waals surface area (Å²) in [6, 6.07) is 4.75. The van der Waals surface area contributed by atoms with E-state index in [2.05, 4.69) is 26.0 Å². The van der Waals surface area contributed by atoms with Crippen molar-refractivity contribution in [2.45, 2.75) is 52.1 Å². The molecule has 3 heterocycles. The van der Waals surface area contributed by atoms with Gasteiger partial charge in [0.2, 0.25) is 0 Å². The van der Waals surface area contributed by atoms with Crippen LogP contribution in [-0.2, 0) is 0 Å². The Morgan fingerprint density at radius 1 is 1.26 bits per heavy atom. The molecule has 0 aliphatic carbocycles. The molecule has 0 fully saturated rings. The minimum atomic E-state index is -1.69. The molecule has 0 aromatic carbocycles. The van der Waals surface area contributed by atoms with Gasteiger partial charge in [-0.3, -0.25) is 4.79 Å². The minimum Gasteiger partial charge on any atom is -0.387 e. The standard InChI is InChI=1S/C23H29F3N6O2/c1-13-20(25)17-8-14(6-7-32(17)31-13)30-19-9-16(29-12-22(2,3)26)15(10-27-19)21(33)28-11-18(24)23(4,5)34/h6-10,18,34H,11-12H2,1-5H3,(H,28,33)(H2,27,29,30)/t18-/m1/s1. The second-order valence-electron chi connectivity index (χ2n) is 9.29. The maximum Gasteiger partial charge on any atom is 0.255 e. The summed E-state index contributed by atoms with van der Waals surface area (Å²) in [4.78, 5) is 16.9. The van der Waals surface area contributed by atoms with Gasteiger partial charge in [-0.1, -0.05) is 0 Å². The summed E-state index contributed by atoms with van der Waals surface area (Å²) >= 11 is 0. The molecular weight excluding hydrogens is 449 g/mol. The largest absolute Gasteiger partial charge is 0.387 e. The van der Waals surface area contributed by atoms with Crippen molar-refractivity contribution in [1.82, 2.24) is 19.9 Å². The van der Waals surface area contributed by atoms with Crippen LogP contribution < -0.4 is 16.0 Å². The molecule has 8 nitrogen and oxygen atoms in total. The summed E-state index contributed by atoms with van der Waals surface area (Å²) in [5, 5.41) is 22.1. The zero-order chi connectivity index (χ0) is 25.3. The monoisotopic (exact) mass is 478 g/mol. The van der Waals surface area contributed by atoms with Gasteiger partial charge in [0.25, 0.3) is 5.91 Å². The van der Waals surface area contributed by atoms with E-state index in [1.54, 1.807) is 25.3 Å². The highest BCUT2D eigenvalue weighted by atomic mass is 19.1. The van der Waals surface area contributed by atoms with Gasteiger partial charge in [-0.15, -0.1) is 0 Å². The Morgan fingerprint density at radius 3 is 2.62 bits per heavy atom. The number of rotatable bonds is 9. The number of hydrogen-bond donors (Lipinski definition) is 4. The van der Waals surface area contributed by atoms with Gasteiger partial charge in [-0.05, 0) is 46.8 Å². The highest BCUT2D eigenvalue weighted by molar-refractivity contribution is 5.99. The summed E-state index contributed by atoms with van der Waals surface area (Å²) < 4.78 is 43.8. The Hall–Kier alpha value is -3.34. The number of anilines is 3. The van der Waals surface area contributed by atoms with Crippen molar-refractivity contribution in [3.05, 3.63) is 47.7 Å². The molecule has 34 heavy (non-hydrogen) atoms. The Balaban J connectivity index is 1.85. The molecular formula is C23H29F3N6O2. The number of nitrogens with one attached hydrogen (secondary N) is 3. The smallest absolute Gasteiger partial charge is 0.255 e. The lowest BCUT2D eigenvalue weighted by Crippen LogP contribution is -2.42. The van der Waals surface area contributed by atoms with E-state index in [4.69, 9.17) is 0 Å². The second kappa shape index (κ2) is 9.49. The fourth-order valence-electron chi connectivity index (χ4n) is 3.04. The number of aliphatic hydroxyl groups is 1. The van der Waals surface area contributed by atoms with E-state index >= 15 is 0 Å². The summed E-state index contributed by atoms with van der Waals surface area (Å²) in [7, 11) is 0. The fourth-order valence-corrected chi connectivity index (χ4v) is 3.04. The van der Waals surface area contributed by atoms with E-state index in [-0.39, 0.29) is 29.0 Å². The number of hydrogen-bond acceptors (Lipinski definition) is 6. The number of alkyl halides is 2. The highest BCUT2D eigenvalue weighted by Crippen LogP contribution is 2.25. The molecule has 0 aliphatic rings. The molecule has 3 rings (SSSR count). The van der Waals surface area contributed by atoms with Crippen molar-refractivity contribution in [3.63, 3.8) is 0 Å². The molecule has 0 unspecified atom stereocenters. The lowest BCUT2D eigenvalue weighted by Gasteiger charge is -2.23. The first-order valence-electron chi connectivity index (χ1n) is 10.7. The zero-order valence-corrected chi connectivity index (χ0v) is 19.7. The van der Waals surface area contributed by atoms with Gasteiger partial charge in [-0.25, -0.2) is 22.7 Å². The van der Waals surface area contributed by atoms with Crippen LogP contribution in [0.3, 0.4) is 0 Å². The van der Waals surface area contributed by atoms with E-state index < -0.39 is 35.7 Å². The van der Waals surface area contributed by atoms with Gasteiger partial charge < -0.3 is 21.1 Å². The first-order valence-corrected chi connectivity index (χ1v) is 10.7. The van der Waals surface area contributed by atoms with E-state index in [1.165, 1.54) is 44.5 Å². The van der Waals surface area contributed by atoms with Crippen LogP contribution in [0, 0.1) is 12.7 Å². The van der Waals surface area contributed by atoms with E-state index in [9.17, 15) is 23.1 Å². The molecule has 3 aromatic heterocycles. The highest BCUT2D eigenvalue weighted by Gasteiger charge is 2.27. The Kier molecular flexibility index (Phi) is 7.06. The molecule has 0 radical (unpaired) electrons. The lowest BCUT2D eigenvalue weighted by atomic mass is 10.0. The molecule has 1 atom stereocenters. The van der Waals surface area contributed by atoms with Crippen molar-refractivity contribution in [1.29, 1.82) is 0 Å². The van der Waals surface area contributed by atoms with Gasteiger partial charge in [0.15, 0.2) is 5.82 Å². The molecule has 1 amide bonds. The van der Waals surface area contributed by atoms with Crippen molar-refractivity contribution >= 4 is 28.6 Å². The van der Waals surface area contributed by atoms with Crippen LogP contribution in [-0.4, -0.2) is 56.1 Å². The molecule has 11 heteroatoms. The van der Waals surface area contributed by atoms with Gasteiger partial charge in [-0.2, -0.15) is 5.10 Å². The predicted octanol–water partition coefficient (Wildman–Crippen LogP) is 3.92. The average Bonchev–Trinajstić information content (AvgIpc) is 3.02. The Morgan fingerprint density at radius 2 is 1.97 bits per heavy atom. The molecule has 0 aliphatic heterocycles. The lowest BCUT2D eigenvalue weighted by molar-refractivity contribution is -0.00177. The molecule has 0 saturated carbocycles. The summed E-state index contributed by atoms with van der Waals surface area (Å²) in [6.45, 7) is 6.43. The predicted molar refractivity (Wildman–Crippen MR) is 125 cm³/mol. The van der Waals surface area contributed by atoms with Crippen molar-refractivity contribution in [2.75, 3.05) is 23.7 Å². The third kappa shape index (κ3) is 6.16. The molecule has 0 spiro atoms. The van der Waals surface area contributed by atoms with Gasteiger partial charge >= 0.3 is 0 Å². The normalized spacial score (nSPS) is 13.1. The van der Waals surface area contributed by atoms with Crippen LogP contribution in [0.1, 0.15) is 43.7 Å². The number of carbonyl (C=O) groups excluding carboxylic acids is 1. The van der Waals surface area contributed by atoms with Crippen LogP contribution in [0.25, 0.3) is 5.52 Å². The SMILES string of the molecule is Cc1nn2ccc(Nc3cc(NCC(C)(C)F)c(C(=O)NC[C@@H](F)C(C)(C)O)cn3)cc2c1F. The average molecular weight is 479 g/mol. The maximum absolute atomic E-state index is 14.2. The number of amides is 1. The quantitative estimate of drug-likeness (QED) is 0.372. The van der Waals surface area contributed by atoms with Crippen molar-refractivity contribution in [2.24, 2.45) is 0 Å². The molecule has 184 valence electrons. The zero-order valence-electron chi connectivity index (χ0n) is 19.7. The molecule has 0 saturated heterocycles. The molecule has 3 aromatic rings. The number of nitrogens with zero attached hydrogens (tertiary/aromatic N) is 3. The summed E-state index contributed by atoms with van der Waals surface area (Å²) in [6.07, 6.45) is 1.18. The first kappa shape index (κ1) is 25.3. The van der Waals surface area contributed by atoms with Crippen LogP contribution in [0.5, 0.6) is 0 Å². The maximum atomic E-state index is 14.2. The van der Waals surface area contributed by atoms with Crippen LogP contribution >= 0.6 is 0 Å². The second-order valence-corrected chi connectivity index (χ2v) is 9.29. The van der Waals surface area contributed by atoms with Crippen LogP contribution in [0.2, 0.25) is 0 Å². The number of fused-ring (bicyclic) bond motifs is 1. The number of halogens is 3. The third-order valence-corrected chi connectivity index (χ3v) is 5.06. The van der Waals surface area contributed by atoms with Gasteiger partial charge in [0.05, 0.1) is 29.1 Å². The van der Waals surface area contributed by atoms with Crippen LogP contribution in [0.4, 0.5) is 30.4 Å². The number of carbonyl (C=O) groups is 1. The Bertz CT molecular complexity index is 1180. The number of aromatic nitrogens is 3. The number of aryl methyl sites for hydroxylation is 1. The van der Waals surface area contributed by atoms with E-state index in [0.717, 1.165) is 0 Å². The molecule has 0 bridgehead atoms. The van der Waals surface area contributed by atoms with Crippen LogP contribution in [0.15, 0.2) is 30.6 Å². The third-order valence-electron chi connectivity index (χ3n) is 5.06. The van der Waals surface area contributed by atoms with Crippen molar-refractivity contribution in [3.8, 4) is 0 Å². The van der Waals surface area contributed by atoms with Gasteiger partial charge in [0, 0.05) is 30.7 Å². The molecule has 4 N–H and O–H groups in total.